The fourth-order valence-corrected chi connectivity index (χ4v) is 15.4. The van der Waals surface area contributed by atoms with Crippen molar-refractivity contribution in [2.75, 3.05) is 31.6 Å². The Morgan fingerprint density at radius 2 is 0.933 bits per heavy atom. The SMILES string of the molecule is CC(C)C[C@@H]1NC(=O)[C@H](CCN)NC(=O)[C@@H](CC(C)C)NC(=O)[C@H](C)N(C)C(=O)[C@H](CCCNC(=N)N)NC(=O)[C@H](Cc2ccc(-c3ccccc3)cc2)NC(=O)[C@H](C(C)C)NC(=O)[C@H](Cc2c[nH]c3ccccc23)NC(=O)[C@H](CC(=O)O)NC(=O)[C@H](Cc2ccc(O)cc2)NC(=O)[C@H](CC(N)=O)NC(=O)CSC[C@@H](C(=O)N[C@@H](C)C(N)=O)NC(=O)[C@H]([C@@H](C)O)NC(=O)[C@H](C(C)C)NC1=O. The van der Waals surface area contributed by atoms with Crippen LogP contribution in [0.4, 0.5) is 0 Å². The Labute approximate surface area is 786 Å². The summed E-state index contributed by atoms with van der Waals surface area (Å²) in [5, 5.41) is 78.5. The number of aliphatic carboxylic acids is 1. The quantitative estimate of drug-likeness (QED) is 0.0143. The first-order valence-electron chi connectivity index (χ1n) is 44.5. The number of aromatic amines is 1. The smallest absolute Gasteiger partial charge is 0.305 e. The van der Waals surface area contributed by atoms with E-state index in [1.54, 1.807) is 90.1 Å². The van der Waals surface area contributed by atoms with Crippen molar-refractivity contribution < 1.29 is 102 Å². The van der Waals surface area contributed by atoms with Crippen LogP contribution in [0.5, 0.6) is 5.75 Å². The molecular formula is C91H130N22O21S. The number of benzene rings is 4. The van der Waals surface area contributed by atoms with E-state index in [-0.39, 0.29) is 74.8 Å². The predicted octanol–water partition coefficient (Wildman–Crippen LogP) is -2.80. The van der Waals surface area contributed by atoms with E-state index in [0.29, 0.717) is 33.8 Å². The van der Waals surface area contributed by atoms with E-state index in [1.807, 2.05) is 30.3 Å². The molecule has 28 N–H and O–H groups in total. The average Bonchev–Trinajstić information content (AvgIpc) is 1.58. The zero-order valence-electron chi connectivity index (χ0n) is 77.7. The summed E-state index contributed by atoms with van der Waals surface area (Å²) in [6, 6.07) is 3.23. The van der Waals surface area contributed by atoms with Gasteiger partial charge in [0, 0.05) is 55.7 Å². The highest BCUT2D eigenvalue weighted by Gasteiger charge is 2.42. The topological polar surface area (TPSA) is 695 Å². The molecule has 1 aliphatic heterocycles. The molecule has 0 unspecified atom stereocenters. The standard InChI is InChI=1S/C91H130N22O21S/c1-45(2)35-62-79(123)101-60(32-33-92)78(122)104-63(36-46(3)4)84(128)111-74(48(7)8)88(132)112-75(51(11)114)89(133)109-69(86(130)99-49(9)76(94)120)43-135-44-71(117)100-67(40-70(93)116)82(126)105-64(38-53-26-30-57(115)31-27-53)81(125)107-68(41-72(118)119)83(127)106-66(39-56-42-98-59-22-17-16-21-58(56)59)85(129)110-73(47(5)6)87(131)108-65(37-52-24-28-55(29-25-52)54-19-14-13-15-20-54)80(124)102-61(23-18-34-97-91(95)96)90(134)113(12)50(10)77(121)103-62/h13-17,19-22,24-31,42,45-51,60-69,73-75,98,114-115H,18,23,32-41,43-44,92H2,1-12H3,(H2,93,116)(H2,94,120)(H,99,130)(H,100,117)(H,101,123)(H,102,124)(H,103,121)(H,104,122)(H,105,126)(H,106,127)(H,107,125)(H,108,131)(H,109,133)(H,110,129)(H,111,128)(H,112,132)(H,118,119)(H4,95,96,97)/t49-,50-,51+,60-,61-,62+,63-,64-,65-,66-,67-,68-,69-,73-,74-,75-/m0/s1. The average molecular weight is 1900 g/mol. The van der Waals surface area contributed by atoms with Gasteiger partial charge in [-0.2, -0.15) is 0 Å². The Balaban J connectivity index is 1.49. The Morgan fingerprint density at radius 3 is 1.46 bits per heavy atom. The van der Waals surface area contributed by atoms with Crippen LogP contribution in [0.3, 0.4) is 0 Å². The number of para-hydroxylation sites is 1. The number of nitrogens with one attached hydrogen (secondary N) is 17. The summed E-state index contributed by atoms with van der Waals surface area (Å²) in [5.41, 5.74) is 26.1. The zero-order chi connectivity index (χ0) is 100. The second-order valence-corrected chi connectivity index (χ2v) is 35.9. The molecule has 0 aliphatic carbocycles. The number of aromatic nitrogens is 1. The van der Waals surface area contributed by atoms with Crippen molar-refractivity contribution in [3.8, 4) is 16.9 Å². The van der Waals surface area contributed by atoms with E-state index < -0.39 is 258 Å². The molecule has 0 radical (unpaired) electrons. The number of fused-ring (bicyclic) bond motifs is 1. The number of likely N-dealkylation sites (N-methyl/N-ethyl adjacent to an activating group) is 1. The third-order valence-electron chi connectivity index (χ3n) is 22.1. The molecule has 1 aromatic heterocycles. The number of phenols is 1. The molecule has 0 bridgehead atoms. The number of carbonyl (C=O) groups is 18. The number of H-pyrrole nitrogens is 1. The molecule has 1 fully saturated rings. The summed E-state index contributed by atoms with van der Waals surface area (Å²) in [5.74, 6) is -24.1. The summed E-state index contributed by atoms with van der Waals surface area (Å²) in [4.78, 5) is 264. The minimum absolute atomic E-state index is 0.0113. The fourth-order valence-electron chi connectivity index (χ4n) is 14.5. The van der Waals surface area contributed by atoms with Crippen molar-refractivity contribution in [1.29, 1.82) is 5.41 Å². The van der Waals surface area contributed by atoms with Crippen LogP contribution in [0, 0.1) is 29.1 Å². The van der Waals surface area contributed by atoms with Crippen LogP contribution in [-0.4, -0.2) is 266 Å². The Hall–Kier alpha value is -13.8. The number of rotatable bonds is 27. The van der Waals surface area contributed by atoms with Gasteiger partial charge in [-0.1, -0.05) is 140 Å². The molecule has 736 valence electrons. The molecule has 17 amide bonds. The van der Waals surface area contributed by atoms with Crippen molar-refractivity contribution >= 4 is 135 Å². The number of nitrogens with zero attached hydrogens (tertiary/aromatic N) is 1. The van der Waals surface area contributed by atoms with Gasteiger partial charge in [-0.3, -0.25) is 91.7 Å². The monoisotopic (exact) mass is 1900 g/mol. The molecule has 1 saturated heterocycles. The van der Waals surface area contributed by atoms with Crippen molar-refractivity contribution in [2.45, 2.75) is 237 Å². The van der Waals surface area contributed by atoms with Crippen LogP contribution in [0.1, 0.15) is 138 Å². The Bertz CT molecular complexity index is 5000. The number of nitrogens with two attached hydrogens (primary N) is 4. The van der Waals surface area contributed by atoms with Gasteiger partial charge >= 0.3 is 5.97 Å². The van der Waals surface area contributed by atoms with Crippen LogP contribution in [-0.2, 0) is 106 Å². The van der Waals surface area contributed by atoms with Crippen LogP contribution in [0.25, 0.3) is 22.0 Å². The minimum atomic E-state index is -2.13. The normalized spacial score (nSPS) is 23.6. The van der Waals surface area contributed by atoms with Crippen molar-refractivity contribution in [2.24, 2.45) is 46.6 Å². The van der Waals surface area contributed by atoms with Gasteiger partial charge in [0.05, 0.1) is 24.7 Å². The number of hydrogen-bond donors (Lipinski definition) is 24. The number of phenolic OH excluding ortho intramolecular Hbond substituents is 1. The van der Waals surface area contributed by atoms with E-state index in [2.05, 4.69) is 84.7 Å². The largest absolute Gasteiger partial charge is 0.508 e. The maximum absolute atomic E-state index is 15.4. The first-order valence-corrected chi connectivity index (χ1v) is 45.6. The summed E-state index contributed by atoms with van der Waals surface area (Å²) in [6.07, 6.45) is -4.15. The number of amides is 17. The minimum Gasteiger partial charge on any atom is -0.508 e. The number of guanidine groups is 1. The van der Waals surface area contributed by atoms with Gasteiger partial charge in [-0.15, -0.1) is 11.8 Å². The summed E-state index contributed by atoms with van der Waals surface area (Å²) < 4.78 is 0. The Kier molecular flexibility index (Phi) is 43.3. The van der Waals surface area contributed by atoms with Gasteiger partial charge in [0.2, 0.25) is 100 Å². The van der Waals surface area contributed by atoms with Gasteiger partial charge in [-0.05, 0) is 129 Å². The molecule has 6 rings (SSSR count). The van der Waals surface area contributed by atoms with Gasteiger partial charge in [0.15, 0.2) is 5.96 Å². The van der Waals surface area contributed by atoms with E-state index >= 15 is 24.0 Å². The summed E-state index contributed by atoms with van der Waals surface area (Å²) in [6.45, 7) is 16.5. The van der Waals surface area contributed by atoms with Crippen molar-refractivity contribution in [3.05, 3.63) is 126 Å². The first kappa shape index (κ1) is 110. The third kappa shape index (κ3) is 35.3. The maximum atomic E-state index is 15.4. The number of aliphatic hydroxyl groups excluding tert-OH is 1. The van der Waals surface area contributed by atoms with E-state index in [1.165, 1.54) is 65.2 Å². The van der Waals surface area contributed by atoms with Gasteiger partial charge in [-0.25, -0.2) is 0 Å². The highest BCUT2D eigenvalue weighted by Crippen LogP contribution is 2.24. The number of thioether (sulfide) groups is 1. The second-order valence-electron chi connectivity index (χ2n) is 34.9. The summed E-state index contributed by atoms with van der Waals surface area (Å²) in [7, 11) is 1.26. The van der Waals surface area contributed by atoms with Crippen LogP contribution in [0.15, 0.2) is 109 Å². The predicted molar refractivity (Wildman–Crippen MR) is 500 cm³/mol. The van der Waals surface area contributed by atoms with Gasteiger partial charge in [0.25, 0.3) is 0 Å². The van der Waals surface area contributed by atoms with E-state index in [9.17, 15) is 77.6 Å². The lowest BCUT2D eigenvalue weighted by atomic mass is 9.98. The molecular weight excluding hydrogens is 1770 g/mol. The molecule has 5 aromatic rings. The zero-order valence-corrected chi connectivity index (χ0v) is 78.5. The molecule has 16 atom stereocenters. The molecule has 4 aromatic carbocycles. The molecule has 135 heavy (non-hydrogen) atoms. The van der Waals surface area contributed by atoms with Crippen LogP contribution < -0.4 is 103 Å². The third-order valence-corrected chi connectivity index (χ3v) is 23.1. The molecule has 0 spiro atoms. The van der Waals surface area contributed by atoms with E-state index in [0.717, 1.165) is 23.0 Å². The number of aromatic hydroxyl groups is 1. The highest BCUT2D eigenvalue weighted by atomic mass is 32.2. The lowest BCUT2D eigenvalue weighted by Crippen LogP contribution is -2.63. The highest BCUT2D eigenvalue weighted by molar-refractivity contribution is 8.00. The number of carbonyl (C=O) groups excluding carboxylic acids is 17. The number of aliphatic hydroxyl groups is 1. The van der Waals surface area contributed by atoms with Gasteiger partial charge in [0.1, 0.15) is 96.4 Å². The molecule has 2 heterocycles. The fraction of sp³-hybridized carbons (Fsp3) is 0.505. The summed E-state index contributed by atoms with van der Waals surface area (Å²) >= 11 is 0.610. The first-order chi connectivity index (χ1) is 63.6. The molecule has 0 saturated carbocycles. The lowest BCUT2D eigenvalue weighted by Gasteiger charge is -2.32. The molecule has 1 aliphatic rings. The Morgan fingerprint density at radius 1 is 0.496 bits per heavy atom. The second kappa shape index (κ2) is 53.2. The molecule has 44 heteroatoms. The van der Waals surface area contributed by atoms with E-state index in [4.69, 9.17) is 28.3 Å². The van der Waals surface area contributed by atoms with Gasteiger partial charge < -0.3 is 128 Å². The van der Waals surface area contributed by atoms with Crippen LogP contribution in [0.2, 0.25) is 0 Å². The van der Waals surface area contributed by atoms with Crippen molar-refractivity contribution in [1.82, 2.24) is 89.6 Å². The number of carboxylic acid groups (broad SMARTS) is 1. The number of carboxylic acids is 1. The maximum Gasteiger partial charge on any atom is 0.305 e. The van der Waals surface area contributed by atoms with Crippen LogP contribution >= 0.6 is 11.8 Å². The number of hydrogen-bond acceptors (Lipinski definition) is 23. The lowest BCUT2D eigenvalue weighted by molar-refractivity contribution is -0.143. The molecule has 43 nitrogen and oxygen atoms in total. The number of primary amides is 2. The van der Waals surface area contributed by atoms with Crippen molar-refractivity contribution in [3.63, 3.8) is 0 Å².